The first-order valence-electron chi connectivity index (χ1n) is 13.6. The van der Waals surface area contributed by atoms with Gasteiger partial charge in [0.25, 0.3) is 0 Å². The lowest BCUT2D eigenvalue weighted by atomic mass is 9.92. The van der Waals surface area contributed by atoms with Crippen LogP contribution in [0.1, 0.15) is 155 Å². The van der Waals surface area contributed by atoms with E-state index in [1.165, 1.54) is 122 Å². The lowest BCUT2D eigenvalue weighted by Crippen LogP contribution is -2.40. The molecule has 0 bridgehead atoms. The Balaban J connectivity index is 1.95. The summed E-state index contributed by atoms with van der Waals surface area (Å²) >= 11 is 0. The molecule has 2 heteroatoms. The van der Waals surface area contributed by atoms with E-state index in [0.29, 0.717) is 11.9 Å². The molecule has 0 spiro atoms. The Kier molecular flexibility index (Phi) is 17.8. The lowest BCUT2D eigenvalue weighted by molar-refractivity contribution is -0.126. The minimum absolute atomic E-state index is 0.263. The van der Waals surface area contributed by atoms with Crippen LogP contribution in [0, 0.1) is 5.92 Å². The van der Waals surface area contributed by atoms with Gasteiger partial charge in [-0.15, -0.1) is 0 Å². The molecule has 0 aromatic carbocycles. The third-order valence-corrected chi connectivity index (χ3v) is 6.87. The molecule has 1 fully saturated rings. The quantitative estimate of drug-likeness (QED) is 0.213. The van der Waals surface area contributed by atoms with Crippen LogP contribution in [0.3, 0.4) is 0 Å². The van der Waals surface area contributed by atoms with Gasteiger partial charge in [0.2, 0.25) is 5.91 Å². The number of amides is 1. The Bertz CT molecular complexity index is 362. The van der Waals surface area contributed by atoms with Crippen LogP contribution in [0.2, 0.25) is 0 Å². The molecular weight excluding hydrogens is 354 g/mol. The van der Waals surface area contributed by atoms with Crippen molar-refractivity contribution in [2.24, 2.45) is 5.92 Å². The SMILES string of the molecule is CCCCCCCCCCCCCCCCC(CCC)C(=O)NC1CCCCC1. The van der Waals surface area contributed by atoms with Crippen molar-refractivity contribution in [2.45, 2.75) is 161 Å². The van der Waals surface area contributed by atoms with Crippen molar-refractivity contribution in [3.05, 3.63) is 0 Å². The summed E-state index contributed by atoms with van der Waals surface area (Å²) in [4.78, 5) is 12.7. The van der Waals surface area contributed by atoms with Crippen molar-refractivity contribution in [3.63, 3.8) is 0 Å². The third-order valence-electron chi connectivity index (χ3n) is 6.87. The molecule has 0 aliphatic heterocycles. The van der Waals surface area contributed by atoms with Crippen LogP contribution >= 0.6 is 0 Å². The molecule has 1 saturated carbocycles. The zero-order chi connectivity index (χ0) is 21.0. The van der Waals surface area contributed by atoms with Crippen molar-refractivity contribution in [2.75, 3.05) is 0 Å². The maximum Gasteiger partial charge on any atom is 0.223 e. The zero-order valence-electron chi connectivity index (χ0n) is 20.1. The van der Waals surface area contributed by atoms with E-state index in [2.05, 4.69) is 19.2 Å². The molecule has 1 aliphatic rings. The van der Waals surface area contributed by atoms with Crippen molar-refractivity contribution < 1.29 is 4.79 Å². The van der Waals surface area contributed by atoms with Crippen LogP contribution in [0.25, 0.3) is 0 Å². The summed E-state index contributed by atoms with van der Waals surface area (Å²) in [5, 5.41) is 3.36. The second-order valence-corrected chi connectivity index (χ2v) is 9.71. The fraction of sp³-hybridized carbons (Fsp3) is 0.963. The third kappa shape index (κ3) is 15.0. The summed E-state index contributed by atoms with van der Waals surface area (Å²) in [7, 11) is 0. The van der Waals surface area contributed by atoms with E-state index in [9.17, 15) is 4.79 Å². The molecule has 1 rings (SSSR count). The summed E-state index contributed by atoms with van der Waals surface area (Å²) in [6, 6.07) is 0.465. The molecule has 1 atom stereocenters. The van der Waals surface area contributed by atoms with Crippen molar-refractivity contribution in [1.82, 2.24) is 5.32 Å². The number of hydrogen-bond acceptors (Lipinski definition) is 1. The minimum atomic E-state index is 0.263. The first kappa shape index (κ1) is 26.5. The average Bonchev–Trinajstić information content (AvgIpc) is 2.74. The highest BCUT2D eigenvalue weighted by atomic mass is 16.1. The predicted octanol–water partition coefficient (Wildman–Crippen LogP) is 8.72. The summed E-state index contributed by atoms with van der Waals surface area (Å²) in [5.41, 5.74) is 0. The molecule has 1 N–H and O–H groups in total. The van der Waals surface area contributed by atoms with Gasteiger partial charge in [0, 0.05) is 12.0 Å². The van der Waals surface area contributed by atoms with E-state index in [-0.39, 0.29) is 5.92 Å². The van der Waals surface area contributed by atoms with Crippen LogP contribution < -0.4 is 5.32 Å². The monoisotopic (exact) mass is 407 g/mol. The molecular formula is C27H53NO. The van der Waals surface area contributed by atoms with Gasteiger partial charge in [-0.25, -0.2) is 0 Å². The molecule has 1 aliphatic carbocycles. The number of carbonyl (C=O) groups is 1. The maximum absolute atomic E-state index is 12.7. The predicted molar refractivity (Wildman–Crippen MR) is 128 cm³/mol. The standard InChI is InChI=1S/C27H53NO/c1-3-5-6-7-8-9-10-11-12-13-14-15-16-18-22-25(21-4-2)27(29)28-26-23-19-17-20-24-26/h25-26H,3-24H2,1-2H3,(H,28,29). The summed E-state index contributed by atoms with van der Waals surface area (Å²) in [6.45, 7) is 4.50. The Morgan fingerprint density at radius 2 is 1.14 bits per heavy atom. The molecule has 0 radical (unpaired) electrons. The van der Waals surface area contributed by atoms with E-state index in [1.807, 2.05) is 0 Å². The molecule has 0 aromatic heterocycles. The van der Waals surface area contributed by atoms with E-state index in [0.717, 1.165) is 19.3 Å². The van der Waals surface area contributed by atoms with Gasteiger partial charge in [-0.05, 0) is 25.7 Å². The average molecular weight is 408 g/mol. The van der Waals surface area contributed by atoms with Crippen molar-refractivity contribution >= 4 is 5.91 Å². The summed E-state index contributed by atoms with van der Waals surface area (Å²) < 4.78 is 0. The number of rotatable bonds is 19. The Hall–Kier alpha value is -0.530. The Morgan fingerprint density at radius 3 is 1.62 bits per heavy atom. The zero-order valence-corrected chi connectivity index (χ0v) is 20.1. The Morgan fingerprint density at radius 1 is 0.655 bits per heavy atom. The number of hydrogen-bond donors (Lipinski definition) is 1. The van der Waals surface area contributed by atoms with Gasteiger partial charge < -0.3 is 5.32 Å². The van der Waals surface area contributed by atoms with Gasteiger partial charge in [0.15, 0.2) is 0 Å². The fourth-order valence-corrected chi connectivity index (χ4v) is 4.91. The second-order valence-electron chi connectivity index (χ2n) is 9.71. The highest BCUT2D eigenvalue weighted by Gasteiger charge is 2.21. The molecule has 29 heavy (non-hydrogen) atoms. The molecule has 1 unspecified atom stereocenters. The first-order chi connectivity index (χ1) is 14.3. The van der Waals surface area contributed by atoms with Gasteiger partial charge >= 0.3 is 0 Å². The molecule has 172 valence electrons. The Labute approximate surface area is 183 Å². The minimum Gasteiger partial charge on any atom is -0.353 e. The number of nitrogens with one attached hydrogen (secondary N) is 1. The van der Waals surface area contributed by atoms with Crippen LogP contribution in [0.15, 0.2) is 0 Å². The molecule has 0 aromatic rings. The van der Waals surface area contributed by atoms with Crippen LogP contribution in [0.4, 0.5) is 0 Å². The van der Waals surface area contributed by atoms with Gasteiger partial charge in [0.1, 0.15) is 0 Å². The van der Waals surface area contributed by atoms with Crippen LogP contribution in [-0.4, -0.2) is 11.9 Å². The fourth-order valence-electron chi connectivity index (χ4n) is 4.91. The van der Waals surface area contributed by atoms with Crippen LogP contribution in [0.5, 0.6) is 0 Å². The number of carbonyl (C=O) groups excluding carboxylic acids is 1. The van der Waals surface area contributed by atoms with Gasteiger partial charge in [-0.1, -0.05) is 129 Å². The van der Waals surface area contributed by atoms with Gasteiger partial charge in [-0.3, -0.25) is 4.79 Å². The maximum atomic E-state index is 12.7. The smallest absolute Gasteiger partial charge is 0.223 e. The van der Waals surface area contributed by atoms with Crippen molar-refractivity contribution in [3.8, 4) is 0 Å². The van der Waals surface area contributed by atoms with E-state index in [1.54, 1.807) is 0 Å². The molecule has 0 heterocycles. The second kappa shape index (κ2) is 19.4. The topological polar surface area (TPSA) is 29.1 Å². The highest BCUT2D eigenvalue weighted by molar-refractivity contribution is 5.78. The van der Waals surface area contributed by atoms with Gasteiger partial charge in [0.05, 0.1) is 0 Å². The van der Waals surface area contributed by atoms with E-state index >= 15 is 0 Å². The van der Waals surface area contributed by atoms with Crippen molar-refractivity contribution in [1.29, 1.82) is 0 Å². The lowest BCUT2D eigenvalue weighted by Gasteiger charge is -2.25. The summed E-state index contributed by atoms with van der Waals surface area (Å²) in [6.07, 6.45) is 29.2. The molecule has 0 saturated heterocycles. The van der Waals surface area contributed by atoms with E-state index < -0.39 is 0 Å². The molecule has 1 amide bonds. The first-order valence-corrected chi connectivity index (χ1v) is 13.6. The van der Waals surface area contributed by atoms with Gasteiger partial charge in [-0.2, -0.15) is 0 Å². The van der Waals surface area contributed by atoms with Crippen LogP contribution in [-0.2, 0) is 4.79 Å². The molecule has 2 nitrogen and oxygen atoms in total. The summed E-state index contributed by atoms with van der Waals surface area (Å²) in [5.74, 6) is 0.618. The highest BCUT2D eigenvalue weighted by Crippen LogP contribution is 2.21. The largest absolute Gasteiger partial charge is 0.353 e. The normalized spacial score (nSPS) is 16.1. The van der Waals surface area contributed by atoms with E-state index in [4.69, 9.17) is 0 Å². The number of unbranched alkanes of at least 4 members (excludes halogenated alkanes) is 13.